The normalized spacial score (nSPS) is 12.4. The van der Waals surface area contributed by atoms with Gasteiger partial charge in [0.25, 0.3) is 0 Å². The molecule has 0 aliphatic carbocycles. The SMILES string of the molecule is CCN(CC)C(=O)CNC(C)Cc1cccs1. The highest BCUT2D eigenvalue weighted by molar-refractivity contribution is 7.09. The lowest BCUT2D eigenvalue weighted by Gasteiger charge is -2.20. The number of carbonyl (C=O) groups is 1. The number of thiophene rings is 1. The van der Waals surface area contributed by atoms with E-state index in [4.69, 9.17) is 0 Å². The molecule has 0 aliphatic rings. The molecule has 1 rings (SSSR count). The van der Waals surface area contributed by atoms with Crippen LogP contribution in [-0.2, 0) is 11.2 Å². The first-order chi connectivity index (χ1) is 8.17. The van der Waals surface area contributed by atoms with Gasteiger partial charge in [0.1, 0.15) is 0 Å². The van der Waals surface area contributed by atoms with Gasteiger partial charge in [-0.1, -0.05) is 6.07 Å². The van der Waals surface area contributed by atoms with Crippen LogP contribution in [0.25, 0.3) is 0 Å². The average molecular weight is 254 g/mol. The van der Waals surface area contributed by atoms with Gasteiger partial charge in [0.2, 0.25) is 5.91 Å². The Morgan fingerprint density at radius 1 is 1.47 bits per heavy atom. The standard InChI is InChI=1S/C13H22N2OS/c1-4-15(5-2)13(16)10-14-11(3)9-12-7-6-8-17-12/h6-8,11,14H,4-5,9-10H2,1-3H3. The highest BCUT2D eigenvalue weighted by Crippen LogP contribution is 2.10. The third kappa shape index (κ3) is 4.88. The van der Waals surface area contributed by atoms with Crippen molar-refractivity contribution in [2.45, 2.75) is 33.2 Å². The van der Waals surface area contributed by atoms with E-state index in [1.165, 1.54) is 4.88 Å². The van der Waals surface area contributed by atoms with Crippen LogP contribution < -0.4 is 5.32 Å². The van der Waals surface area contributed by atoms with Gasteiger partial charge < -0.3 is 10.2 Å². The molecule has 0 bridgehead atoms. The molecule has 1 atom stereocenters. The van der Waals surface area contributed by atoms with Gasteiger partial charge in [-0.15, -0.1) is 11.3 Å². The predicted molar refractivity (Wildman–Crippen MR) is 73.4 cm³/mol. The summed E-state index contributed by atoms with van der Waals surface area (Å²) in [5.74, 6) is 0.188. The molecule has 0 saturated carbocycles. The summed E-state index contributed by atoms with van der Waals surface area (Å²) in [5, 5.41) is 5.37. The molecule has 1 aromatic heterocycles. The number of carbonyl (C=O) groups excluding carboxylic acids is 1. The van der Waals surface area contributed by atoms with Crippen molar-refractivity contribution < 1.29 is 4.79 Å². The second kappa shape index (κ2) is 7.45. The molecular weight excluding hydrogens is 232 g/mol. The van der Waals surface area contributed by atoms with E-state index >= 15 is 0 Å². The molecule has 0 aliphatic heterocycles. The Bertz CT molecular complexity index is 320. The number of likely N-dealkylation sites (N-methyl/N-ethyl adjacent to an activating group) is 1. The maximum atomic E-state index is 11.8. The maximum absolute atomic E-state index is 11.8. The minimum atomic E-state index is 0.188. The molecule has 3 nitrogen and oxygen atoms in total. The van der Waals surface area contributed by atoms with Gasteiger partial charge in [-0.25, -0.2) is 0 Å². The molecule has 1 heterocycles. The number of nitrogens with zero attached hydrogens (tertiary/aromatic N) is 1. The summed E-state index contributed by atoms with van der Waals surface area (Å²) in [7, 11) is 0. The average Bonchev–Trinajstić information content (AvgIpc) is 2.81. The molecule has 0 fully saturated rings. The van der Waals surface area contributed by atoms with E-state index in [1.807, 2.05) is 18.7 Å². The minimum absolute atomic E-state index is 0.188. The minimum Gasteiger partial charge on any atom is -0.342 e. The highest BCUT2D eigenvalue weighted by Gasteiger charge is 2.11. The molecule has 1 unspecified atom stereocenters. The van der Waals surface area contributed by atoms with E-state index in [2.05, 4.69) is 29.8 Å². The first-order valence-electron chi connectivity index (χ1n) is 6.20. The molecule has 0 saturated heterocycles. The molecule has 17 heavy (non-hydrogen) atoms. The Hall–Kier alpha value is -0.870. The van der Waals surface area contributed by atoms with Crippen LogP contribution in [0.2, 0.25) is 0 Å². The molecule has 1 aromatic rings. The summed E-state index contributed by atoms with van der Waals surface area (Å²) in [6.07, 6.45) is 0.989. The molecule has 96 valence electrons. The van der Waals surface area contributed by atoms with Crippen molar-refractivity contribution in [1.29, 1.82) is 0 Å². The van der Waals surface area contributed by atoms with Gasteiger partial charge in [0, 0.05) is 24.0 Å². The zero-order valence-electron chi connectivity index (χ0n) is 10.9. The Morgan fingerprint density at radius 2 is 2.18 bits per heavy atom. The van der Waals surface area contributed by atoms with Crippen LogP contribution in [0, 0.1) is 0 Å². The van der Waals surface area contributed by atoms with Gasteiger partial charge in [0.05, 0.1) is 6.54 Å². The summed E-state index contributed by atoms with van der Waals surface area (Å²) >= 11 is 1.77. The molecule has 0 aromatic carbocycles. The number of hydrogen-bond donors (Lipinski definition) is 1. The predicted octanol–water partition coefficient (Wildman–Crippen LogP) is 2.14. The van der Waals surface area contributed by atoms with E-state index in [0.717, 1.165) is 19.5 Å². The fourth-order valence-electron chi connectivity index (χ4n) is 1.75. The molecule has 1 N–H and O–H groups in total. The summed E-state index contributed by atoms with van der Waals surface area (Å²) in [5.41, 5.74) is 0. The third-order valence-corrected chi connectivity index (χ3v) is 3.70. The van der Waals surface area contributed by atoms with E-state index in [-0.39, 0.29) is 5.91 Å². The van der Waals surface area contributed by atoms with Crippen molar-refractivity contribution in [3.8, 4) is 0 Å². The lowest BCUT2D eigenvalue weighted by Crippen LogP contribution is -2.41. The van der Waals surface area contributed by atoms with Crippen LogP contribution in [0.5, 0.6) is 0 Å². The van der Waals surface area contributed by atoms with Crippen LogP contribution in [0.1, 0.15) is 25.6 Å². The van der Waals surface area contributed by atoms with Crippen LogP contribution in [0.15, 0.2) is 17.5 Å². The van der Waals surface area contributed by atoms with Gasteiger partial charge in [-0.3, -0.25) is 4.79 Å². The van der Waals surface area contributed by atoms with Gasteiger partial charge in [-0.2, -0.15) is 0 Å². The Labute approximate surface area is 108 Å². The van der Waals surface area contributed by atoms with E-state index in [1.54, 1.807) is 11.3 Å². The number of nitrogens with one attached hydrogen (secondary N) is 1. The first-order valence-corrected chi connectivity index (χ1v) is 7.08. The zero-order chi connectivity index (χ0) is 12.7. The van der Waals surface area contributed by atoms with E-state index in [9.17, 15) is 4.79 Å². The highest BCUT2D eigenvalue weighted by atomic mass is 32.1. The number of amides is 1. The lowest BCUT2D eigenvalue weighted by molar-refractivity contribution is -0.129. The Balaban J connectivity index is 2.28. The topological polar surface area (TPSA) is 32.3 Å². The fourth-order valence-corrected chi connectivity index (χ4v) is 2.59. The monoisotopic (exact) mass is 254 g/mol. The van der Waals surface area contributed by atoms with Crippen LogP contribution in [0.3, 0.4) is 0 Å². The maximum Gasteiger partial charge on any atom is 0.236 e. The van der Waals surface area contributed by atoms with Crippen molar-refractivity contribution in [3.63, 3.8) is 0 Å². The van der Waals surface area contributed by atoms with Gasteiger partial charge >= 0.3 is 0 Å². The van der Waals surface area contributed by atoms with Crippen molar-refractivity contribution in [2.75, 3.05) is 19.6 Å². The summed E-state index contributed by atoms with van der Waals surface area (Å²) in [6, 6.07) is 4.54. The summed E-state index contributed by atoms with van der Waals surface area (Å²) < 4.78 is 0. The van der Waals surface area contributed by atoms with Crippen LogP contribution in [0.4, 0.5) is 0 Å². The van der Waals surface area contributed by atoms with Crippen LogP contribution >= 0.6 is 11.3 Å². The number of rotatable bonds is 7. The summed E-state index contributed by atoms with van der Waals surface area (Å²) in [4.78, 5) is 15.0. The van der Waals surface area contributed by atoms with Crippen molar-refractivity contribution >= 4 is 17.2 Å². The Morgan fingerprint density at radius 3 is 2.71 bits per heavy atom. The molecular formula is C13H22N2OS. The van der Waals surface area contributed by atoms with E-state index < -0.39 is 0 Å². The zero-order valence-corrected chi connectivity index (χ0v) is 11.7. The lowest BCUT2D eigenvalue weighted by atomic mass is 10.2. The van der Waals surface area contributed by atoms with Crippen molar-refractivity contribution in [3.05, 3.63) is 22.4 Å². The van der Waals surface area contributed by atoms with Crippen molar-refractivity contribution in [2.24, 2.45) is 0 Å². The molecule has 0 radical (unpaired) electrons. The molecule has 1 amide bonds. The van der Waals surface area contributed by atoms with Gasteiger partial charge in [0.15, 0.2) is 0 Å². The third-order valence-electron chi connectivity index (χ3n) is 2.81. The fraction of sp³-hybridized carbons (Fsp3) is 0.615. The van der Waals surface area contributed by atoms with E-state index in [0.29, 0.717) is 12.6 Å². The second-order valence-corrected chi connectivity index (χ2v) is 5.16. The smallest absolute Gasteiger partial charge is 0.236 e. The van der Waals surface area contributed by atoms with Gasteiger partial charge in [-0.05, 0) is 38.6 Å². The second-order valence-electron chi connectivity index (χ2n) is 4.13. The molecule has 0 spiro atoms. The first kappa shape index (κ1) is 14.2. The molecule has 4 heteroatoms. The Kier molecular flexibility index (Phi) is 6.22. The summed E-state index contributed by atoms with van der Waals surface area (Å²) in [6.45, 7) is 8.16. The number of hydrogen-bond acceptors (Lipinski definition) is 3. The van der Waals surface area contributed by atoms with Crippen LogP contribution in [-0.4, -0.2) is 36.5 Å². The quantitative estimate of drug-likeness (QED) is 0.808. The van der Waals surface area contributed by atoms with Crippen molar-refractivity contribution in [1.82, 2.24) is 10.2 Å². The largest absolute Gasteiger partial charge is 0.342 e.